The zero-order valence-corrected chi connectivity index (χ0v) is 10.7. The Labute approximate surface area is 104 Å². The molecule has 0 saturated heterocycles. The lowest BCUT2D eigenvalue weighted by molar-refractivity contribution is 0.457. The molecule has 15 heavy (non-hydrogen) atoms. The first kappa shape index (κ1) is 10.6. The Morgan fingerprint density at radius 1 is 1.07 bits per heavy atom. The van der Waals surface area contributed by atoms with Crippen molar-refractivity contribution in [2.75, 3.05) is 0 Å². The summed E-state index contributed by atoms with van der Waals surface area (Å²) in [5, 5.41) is 0. The van der Waals surface area contributed by atoms with E-state index in [9.17, 15) is 0 Å². The van der Waals surface area contributed by atoms with Crippen molar-refractivity contribution in [3.05, 3.63) is 45.7 Å². The molecule has 2 aromatic heterocycles. The summed E-state index contributed by atoms with van der Waals surface area (Å²) in [5.41, 5.74) is 0. The summed E-state index contributed by atoms with van der Waals surface area (Å²) in [7, 11) is 0. The second-order valence-electron chi connectivity index (χ2n) is 2.71. The number of halogens is 2. The molecule has 2 aromatic rings. The van der Waals surface area contributed by atoms with Gasteiger partial charge in [0.1, 0.15) is 10.4 Å². The molecule has 2 heterocycles. The highest BCUT2D eigenvalue weighted by molar-refractivity contribution is 9.10. The van der Waals surface area contributed by atoms with Gasteiger partial charge in [0.15, 0.2) is 0 Å². The van der Waals surface area contributed by atoms with Crippen molar-refractivity contribution < 1.29 is 4.74 Å². The van der Waals surface area contributed by atoms with Crippen LogP contribution in [-0.2, 0) is 0 Å². The number of rotatable bonds is 2. The topological polar surface area (TPSA) is 35.0 Å². The molecule has 0 aliphatic rings. The average Bonchev–Trinajstić information content (AvgIpc) is 2.25. The van der Waals surface area contributed by atoms with Crippen LogP contribution in [0.25, 0.3) is 0 Å². The first-order valence-corrected chi connectivity index (χ1v) is 5.74. The molecule has 0 N–H and O–H groups in total. The molecule has 0 aliphatic carbocycles. The van der Waals surface area contributed by atoms with E-state index < -0.39 is 0 Å². The number of hydrogen-bond donors (Lipinski definition) is 0. The van der Waals surface area contributed by atoms with Crippen molar-refractivity contribution in [1.82, 2.24) is 9.97 Å². The summed E-state index contributed by atoms with van der Waals surface area (Å²) in [4.78, 5) is 8.14. The van der Waals surface area contributed by atoms with Gasteiger partial charge in [-0.1, -0.05) is 0 Å². The molecule has 0 aliphatic heterocycles. The highest BCUT2D eigenvalue weighted by atomic mass is 79.9. The van der Waals surface area contributed by atoms with Crippen LogP contribution in [0.4, 0.5) is 0 Å². The molecule has 3 nitrogen and oxygen atoms in total. The fourth-order valence-corrected chi connectivity index (χ4v) is 1.55. The summed E-state index contributed by atoms with van der Waals surface area (Å²) >= 11 is 6.60. The van der Waals surface area contributed by atoms with Crippen LogP contribution in [0.1, 0.15) is 0 Å². The Kier molecular flexibility index (Phi) is 3.33. The molecule has 5 heteroatoms. The molecule has 0 radical (unpaired) electrons. The maximum atomic E-state index is 5.52. The Balaban J connectivity index is 2.22. The summed E-state index contributed by atoms with van der Waals surface area (Å²) < 4.78 is 7.11. The van der Waals surface area contributed by atoms with Crippen LogP contribution in [0.15, 0.2) is 45.7 Å². The Bertz CT molecular complexity index is 459. The quantitative estimate of drug-likeness (QED) is 0.786. The van der Waals surface area contributed by atoms with E-state index in [4.69, 9.17) is 4.74 Å². The van der Waals surface area contributed by atoms with Crippen LogP contribution in [-0.4, -0.2) is 9.97 Å². The fraction of sp³-hybridized carbons (Fsp3) is 0. The Morgan fingerprint density at radius 2 is 1.93 bits per heavy atom. The standard InChI is InChI=1S/C10H6Br2N2O/c11-8-2-1-5-13-10(8)15-7-3-4-9(12)14-6-7/h1-6H. The lowest BCUT2D eigenvalue weighted by Crippen LogP contribution is -1.89. The van der Waals surface area contributed by atoms with E-state index in [0.717, 1.165) is 9.08 Å². The summed E-state index contributed by atoms with van der Waals surface area (Å²) in [6.45, 7) is 0. The van der Waals surface area contributed by atoms with Crippen LogP contribution in [0.3, 0.4) is 0 Å². The van der Waals surface area contributed by atoms with Gasteiger partial charge < -0.3 is 4.74 Å². The van der Waals surface area contributed by atoms with Gasteiger partial charge in [-0.15, -0.1) is 0 Å². The largest absolute Gasteiger partial charge is 0.436 e. The predicted molar refractivity (Wildman–Crippen MR) is 63.9 cm³/mol. The minimum Gasteiger partial charge on any atom is -0.436 e. The second-order valence-corrected chi connectivity index (χ2v) is 4.38. The van der Waals surface area contributed by atoms with Crippen molar-refractivity contribution in [3.8, 4) is 11.6 Å². The molecule has 0 atom stereocenters. The maximum Gasteiger partial charge on any atom is 0.233 e. The van der Waals surface area contributed by atoms with Gasteiger partial charge in [-0.05, 0) is 56.1 Å². The molecule has 0 aromatic carbocycles. The maximum absolute atomic E-state index is 5.52. The zero-order valence-electron chi connectivity index (χ0n) is 7.52. The summed E-state index contributed by atoms with van der Waals surface area (Å²) in [6, 6.07) is 7.33. The molecule has 0 spiro atoms. The molecule has 0 fully saturated rings. The zero-order chi connectivity index (χ0) is 10.7. The third-order valence-electron chi connectivity index (χ3n) is 1.64. The van der Waals surface area contributed by atoms with E-state index in [1.54, 1.807) is 12.4 Å². The normalized spacial score (nSPS) is 10.0. The molecule has 0 saturated carbocycles. The SMILES string of the molecule is Brc1ccc(Oc2ncccc2Br)cn1. The van der Waals surface area contributed by atoms with E-state index >= 15 is 0 Å². The van der Waals surface area contributed by atoms with Gasteiger partial charge in [-0.25, -0.2) is 9.97 Å². The molecule has 76 valence electrons. The van der Waals surface area contributed by atoms with Gasteiger partial charge in [0, 0.05) is 6.20 Å². The van der Waals surface area contributed by atoms with Gasteiger partial charge in [-0.2, -0.15) is 0 Å². The predicted octanol–water partition coefficient (Wildman–Crippen LogP) is 3.79. The number of pyridine rings is 2. The molecule has 0 bridgehead atoms. The summed E-state index contributed by atoms with van der Waals surface area (Å²) in [6.07, 6.45) is 3.30. The van der Waals surface area contributed by atoms with Gasteiger partial charge in [0.05, 0.1) is 10.7 Å². The molecule has 0 unspecified atom stereocenters. The Morgan fingerprint density at radius 3 is 2.60 bits per heavy atom. The Hall–Kier alpha value is -0.940. The van der Waals surface area contributed by atoms with Crippen molar-refractivity contribution in [2.24, 2.45) is 0 Å². The van der Waals surface area contributed by atoms with Crippen molar-refractivity contribution >= 4 is 31.9 Å². The van der Waals surface area contributed by atoms with Gasteiger partial charge >= 0.3 is 0 Å². The van der Waals surface area contributed by atoms with Crippen LogP contribution in [0.2, 0.25) is 0 Å². The van der Waals surface area contributed by atoms with E-state index in [0.29, 0.717) is 11.6 Å². The van der Waals surface area contributed by atoms with Crippen molar-refractivity contribution in [1.29, 1.82) is 0 Å². The monoisotopic (exact) mass is 328 g/mol. The third-order valence-corrected chi connectivity index (χ3v) is 2.71. The highest BCUT2D eigenvalue weighted by Crippen LogP contribution is 2.26. The van der Waals surface area contributed by atoms with E-state index in [2.05, 4.69) is 41.8 Å². The number of aromatic nitrogens is 2. The lowest BCUT2D eigenvalue weighted by atomic mass is 10.4. The first-order valence-electron chi connectivity index (χ1n) is 4.15. The summed E-state index contributed by atoms with van der Waals surface area (Å²) in [5.74, 6) is 1.18. The van der Waals surface area contributed by atoms with Gasteiger partial charge in [-0.3, -0.25) is 0 Å². The first-order chi connectivity index (χ1) is 7.25. The highest BCUT2D eigenvalue weighted by Gasteiger charge is 2.02. The van der Waals surface area contributed by atoms with Crippen LogP contribution < -0.4 is 4.74 Å². The van der Waals surface area contributed by atoms with Crippen molar-refractivity contribution in [3.63, 3.8) is 0 Å². The second kappa shape index (κ2) is 4.72. The smallest absolute Gasteiger partial charge is 0.233 e. The molecular weight excluding hydrogens is 324 g/mol. The third kappa shape index (κ3) is 2.76. The number of ether oxygens (including phenoxy) is 1. The van der Waals surface area contributed by atoms with Crippen LogP contribution in [0.5, 0.6) is 11.6 Å². The molecular formula is C10H6Br2N2O. The minimum atomic E-state index is 0.529. The van der Waals surface area contributed by atoms with E-state index in [1.807, 2.05) is 24.3 Å². The van der Waals surface area contributed by atoms with Crippen LogP contribution >= 0.6 is 31.9 Å². The minimum absolute atomic E-state index is 0.529. The van der Waals surface area contributed by atoms with E-state index in [-0.39, 0.29) is 0 Å². The van der Waals surface area contributed by atoms with Crippen molar-refractivity contribution in [2.45, 2.75) is 0 Å². The number of nitrogens with zero attached hydrogens (tertiary/aromatic N) is 2. The average molecular weight is 330 g/mol. The lowest BCUT2D eigenvalue weighted by Gasteiger charge is -2.05. The fourth-order valence-electron chi connectivity index (χ4n) is 0.981. The molecule has 0 amide bonds. The van der Waals surface area contributed by atoms with Gasteiger partial charge in [0.25, 0.3) is 0 Å². The molecule has 2 rings (SSSR count). The van der Waals surface area contributed by atoms with Gasteiger partial charge in [0.2, 0.25) is 5.88 Å². The van der Waals surface area contributed by atoms with E-state index in [1.165, 1.54) is 0 Å². The number of hydrogen-bond acceptors (Lipinski definition) is 3. The van der Waals surface area contributed by atoms with Crippen LogP contribution in [0, 0.1) is 0 Å².